The van der Waals surface area contributed by atoms with Gasteiger partial charge in [-0.2, -0.15) is 0 Å². The molecule has 1 atom stereocenters. The van der Waals surface area contributed by atoms with Crippen molar-refractivity contribution < 1.29 is 5.11 Å². The summed E-state index contributed by atoms with van der Waals surface area (Å²) in [5.41, 5.74) is 2.21. The van der Waals surface area contributed by atoms with E-state index < -0.39 is 0 Å². The van der Waals surface area contributed by atoms with Crippen LogP contribution in [0, 0.1) is 6.92 Å². The molecule has 70 valence electrons. The molecule has 0 saturated carbocycles. The molecule has 1 N–H and O–H groups in total. The highest BCUT2D eigenvalue weighted by atomic mass is 16.3. The average molecular weight is 176 g/mol. The summed E-state index contributed by atoms with van der Waals surface area (Å²) < 4.78 is 0. The van der Waals surface area contributed by atoms with Gasteiger partial charge in [-0.25, -0.2) is 0 Å². The quantitative estimate of drug-likeness (QED) is 0.699. The molecule has 1 heteroatoms. The molecule has 0 fully saturated rings. The summed E-state index contributed by atoms with van der Waals surface area (Å²) in [6, 6.07) is 7.99. The van der Waals surface area contributed by atoms with Gasteiger partial charge >= 0.3 is 0 Å². The molecule has 0 radical (unpaired) electrons. The number of aliphatic hydroxyl groups excluding tert-OH is 1. The first kappa shape index (κ1) is 10.0. The van der Waals surface area contributed by atoms with Crippen LogP contribution in [-0.4, -0.2) is 5.11 Å². The third-order valence-electron chi connectivity index (χ3n) is 2.11. The third-order valence-corrected chi connectivity index (χ3v) is 2.11. The number of rotatable bonds is 4. The van der Waals surface area contributed by atoms with E-state index in [2.05, 4.69) is 6.58 Å². The first-order valence-electron chi connectivity index (χ1n) is 4.59. The van der Waals surface area contributed by atoms with Gasteiger partial charge in [0.2, 0.25) is 0 Å². The minimum atomic E-state index is -0.349. The molecule has 13 heavy (non-hydrogen) atoms. The van der Waals surface area contributed by atoms with Crippen LogP contribution in [0.4, 0.5) is 0 Å². The van der Waals surface area contributed by atoms with Gasteiger partial charge in [-0.3, -0.25) is 0 Å². The van der Waals surface area contributed by atoms with Gasteiger partial charge in [0.05, 0.1) is 6.10 Å². The normalized spacial score (nSPS) is 12.5. The fraction of sp³-hybridized carbons (Fsp3) is 0.333. The van der Waals surface area contributed by atoms with Crippen molar-refractivity contribution in [3.8, 4) is 0 Å². The van der Waals surface area contributed by atoms with E-state index in [1.165, 1.54) is 5.56 Å². The van der Waals surface area contributed by atoms with Crippen LogP contribution in [0.25, 0.3) is 0 Å². The van der Waals surface area contributed by atoms with Crippen molar-refractivity contribution in [1.29, 1.82) is 0 Å². The van der Waals surface area contributed by atoms with E-state index in [1.54, 1.807) is 0 Å². The Morgan fingerprint density at radius 2 is 2.00 bits per heavy atom. The fourth-order valence-electron chi connectivity index (χ4n) is 1.23. The van der Waals surface area contributed by atoms with Crippen LogP contribution in [0.1, 0.15) is 30.1 Å². The molecule has 0 heterocycles. The Morgan fingerprint density at radius 3 is 2.54 bits per heavy atom. The molecule has 0 aliphatic carbocycles. The summed E-state index contributed by atoms with van der Waals surface area (Å²) in [4.78, 5) is 0. The predicted octanol–water partition coefficient (Wildman–Crippen LogP) is 2.99. The van der Waals surface area contributed by atoms with Gasteiger partial charge in [0, 0.05) is 0 Å². The van der Waals surface area contributed by atoms with Gasteiger partial charge < -0.3 is 5.11 Å². The Hall–Kier alpha value is -1.08. The molecule has 1 rings (SSSR count). The lowest BCUT2D eigenvalue weighted by Crippen LogP contribution is -1.96. The standard InChI is InChI=1S/C12H16O/c1-3-4-5-12(13)11-8-6-10(2)7-9-11/h3,6-9,12-13H,1,4-5H2,2H3. The summed E-state index contributed by atoms with van der Waals surface area (Å²) in [6.45, 7) is 5.67. The summed E-state index contributed by atoms with van der Waals surface area (Å²) in [5.74, 6) is 0. The maximum atomic E-state index is 9.69. The molecule has 0 aliphatic rings. The Labute approximate surface area is 79.7 Å². The topological polar surface area (TPSA) is 20.2 Å². The first-order chi connectivity index (χ1) is 6.24. The van der Waals surface area contributed by atoms with Gasteiger partial charge in [0.25, 0.3) is 0 Å². The van der Waals surface area contributed by atoms with E-state index in [0.29, 0.717) is 0 Å². The molecule has 1 nitrogen and oxygen atoms in total. The molecule has 1 aromatic carbocycles. The van der Waals surface area contributed by atoms with Crippen molar-refractivity contribution in [2.24, 2.45) is 0 Å². The van der Waals surface area contributed by atoms with Crippen LogP contribution < -0.4 is 0 Å². The van der Waals surface area contributed by atoms with Crippen molar-refractivity contribution in [2.75, 3.05) is 0 Å². The molecule has 0 aliphatic heterocycles. The monoisotopic (exact) mass is 176 g/mol. The highest BCUT2D eigenvalue weighted by Crippen LogP contribution is 2.18. The smallest absolute Gasteiger partial charge is 0.0793 e. The third kappa shape index (κ3) is 3.03. The molecular weight excluding hydrogens is 160 g/mol. The van der Waals surface area contributed by atoms with Gasteiger partial charge in [-0.1, -0.05) is 35.9 Å². The highest BCUT2D eigenvalue weighted by molar-refractivity contribution is 5.22. The number of aryl methyl sites for hydroxylation is 1. The molecule has 0 spiro atoms. The lowest BCUT2D eigenvalue weighted by Gasteiger charge is -2.09. The van der Waals surface area contributed by atoms with E-state index in [0.717, 1.165) is 18.4 Å². The summed E-state index contributed by atoms with van der Waals surface area (Å²) in [5, 5.41) is 9.69. The van der Waals surface area contributed by atoms with Crippen molar-refractivity contribution >= 4 is 0 Å². The molecule has 0 amide bonds. The maximum absolute atomic E-state index is 9.69. The van der Waals surface area contributed by atoms with Crippen LogP contribution >= 0.6 is 0 Å². The van der Waals surface area contributed by atoms with Crippen LogP contribution in [0.5, 0.6) is 0 Å². The van der Waals surface area contributed by atoms with Crippen LogP contribution in [0.2, 0.25) is 0 Å². The molecule has 1 unspecified atom stereocenters. The van der Waals surface area contributed by atoms with Gasteiger partial charge in [0.1, 0.15) is 0 Å². The number of aliphatic hydroxyl groups is 1. The van der Waals surface area contributed by atoms with E-state index in [-0.39, 0.29) is 6.10 Å². The summed E-state index contributed by atoms with van der Waals surface area (Å²) >= 11 is 0. The van der Waals surface area contributed by atoms with Crippen LogP contribution in [0.3, 0.4) is 0 Å². The zero-order chi connectivity index (χ0) is 9.68. The first-order valence-corrected chi connectivity index (χ1v) is 4.59. The second-order valence-electron chi connectivity index (χ2n) is 3.29. The Kier molecular flexibility index (Phi) is 3.71. The summed E-state index contributed by atoms with van der Waals surface area (Å²) in [7, 11) is 0. The predicted molar refractivity (Wildman–Crippen MR) is 55.6 cm³/mol. The SMILES string of the molecule is C=CCCC(O)c1ccc(C)cc1. The molecule has 0 bridgehead atoms. The molecular formula is C12H16O. The van der Waals surface area contributed by atoms with Gasteiger partial charge in [-0.05, 0) is 25.3 Å². The largest absolute Gasteiger partial charge is 0.388 e. The molecule has 0 aromatic heterocycles. The van der Waals surface area contributed by atoms with E-state index in [9.17, 15) is 5.11 Å². The molecule has 0 saturated heterocycles. The Bertz CT molecular complexity index is 261. The highest BCUT2D eigenvalue weighted by Gasteiger charge is 2.04. The van der Waals surface area contributed by atoms with E-state index in [4.69, 9.17) is 0 Å². The van der Waals surface area contributed by atoms with Gasteiger partial charge in [0.15, 0.2) is 0 Å². The van der Waals surface area contributed by atoms with Crippen molar-refractivity contribution in [3.63, 3.8) is 0 Å². The maximum Gasteiger partial charge on any atom is 0.0793 e. The number of allylic oxidation sites excluding steroid dienone is 1. The summed E-state index contributed by atoms with van der Waals surface area (Å²) in [6.07, 6.45) is 3.09. The number of benzene rings is 1. The zero-order valence-corrected chi connectivity index (χ0v) is 8.03. The second-order valence-corrected chi connectivity index (χ2v) is 3.29. The van der Waals surface area contributed by atoms with Gasteiger partial charge in [-0.15, -0.1) is 6.58 Å². The number of hydrogen-bond donors (Lipinski definition) is 1. The van der Waals surface area contributed by atoms with Crippen LogP contribution in [0.15, 0.2) is 36.9 Å². The van der Waals surface area contributed by atoms with Crippen molar-refractivity contribution in [1.82, 2.24) is 0 Å². The lowest BCUT2D eigenvalue weighted by atomic mass is 10.0. The van der Waals surface area contributed by atoms with E-state index in [1.807, 2.05) is 37.3 Å². The van der Waals surface area contributed by atoms with E-state index >= 15 is 0 Å². The number of hydrogen-bond acceptors (Lipinski definition) is 1. The molecule has 1 aromatic rings. The fourth-order valence-corrected chi connectivity index (χ4v) is 1.23. The minimum Gasteiger partial charge on any atom is -0.388 e. The van der Waals surface area contributed by atoms with Crippen molar-refractivity contribution in [2.45, 2.75) is 25.9 Å². The Morgan fingerprint density at radius 1 is 1.38 bits per heavy atom. The second kappa shape index (κ2) is 4.83. The average Bonchev–Trinajstić information content (AvgIpc) is 2.15. The van der Waals surface area contributed by atoms with Crippen LogP contribution in [-0.2, 0) is 0 Å². The van der Waals surface area contributed by atoms with Crippen molar-refractivity contribution in [3.05, 3.63) is 48.0 Å². The lowest BCUT2D eigenvalue weighted by molar-refractivity contribution is 0.169. The Balaban J connectivity index is 2.60. The zero-order valence-electron chi connectivity index (χ0n) is 8.03. The minimum absolute atomic E-state index is 0.349.